The van der Waals surface area contributed by atoms with Gasteiger partial charge < -0.3 is 25.6 Å². The number of aromatic nitrogens is 1. The van der Waals surface area contributed by atoms with Gasteiger partial charge in [-0.3, -0.25) is 9.78 Å². The van der Waals surface area contributed by atoms with Crippen LogP contribution in [0.1, 0.15) is 54.6 Å². The van der Waals surface area contributed by atoms with Crippen LogP contribution in [0.25, 0.3) is 10.9 Å². The van der Waals surface area contributed by atoms with Crippen LogP contribution in [0.4, 0.5) is 5.69 Å². The summed E-state index contributed by atoms with van der Waals surface area (Å²) in [4.78, 5) is 28.1. The first kappa shape index (κ1) is 21.4. The van der Waals surface area contributed by atoms with Gasteiger partial charge in [0.15, 0.2) is 0 Å². The fraction of sp³-hybridized carbons (Fsp3) is 0.522. The average molecular weight is 428 g/mol. The first-order chi connectivity index (χ1) is 14.9. The van der Waals surface area contributed by atoms with E-state index in [4.69, 9.17) is 15.2 Å². The zero-order chi connectivity index (χ0) is 22.0. The Labute approximate surface area is 181 Å². The van der Waals surface area contributed by atoms with Gasteiger partial charge in [-0.2, -0.15) is 0 Å². The number of anilines is 1. The molecule has 0 bridgehead atoms. The van der Waals surface area contributed by atoms with Crippen molar-refractivity contribution in [3.63, 3.8) is 0 Å². The first-order valence-electron chi connectivity index (χ1n) is 10.9. The lowest BCUT2D eigenvalue weighted by Crippen LogP contribution is -2.41. The van der Waals surface area contributed by atoms with E-state index in [0.717, 1.165) is 25.7 Å². The number of rotatable bonds is 8. The van der Waals surface area contributed by atoms with E-state index < -0.39 is 5.97 Å². The lowest BCUT2D eigenvalue weighted by molar-refractivity contribution is -0.126. The number of benzene rings is 1. The molecule has 8 heteroatoms. The molecule has 2 aliphatic rings. The second kappa shape index (κ2) is 9.09. The summed E-state index contributed by atoms with van der Waals surface area (Å²) < 4.78 is 11.7. The third kappa shape index (κ3) is 5.07. The zero-order valence-electron chi connectivity index (χ0n) is 17.7. The Kier molecular flexibility index (Phi) is 6.27. The molecule has 2 fully saturated rings. The molecule has 166 valence electrons. The summed E-state index contributed by atoms with van der Waals surface area (Å²) in [5, 5.41) is 13.1. The predicted octanol–water partition coefficient (Wildman–Crippen LogP) is 3.06. The molecular formula is C23H29N3O5. The van der Waals surface area contributed by atoms with E-state index in [1.807, 2.05) is 6.07 Å². The number of nitrogens with one attached hydrogen (secondary N) is 1. The van der Waals surface area contributed by atoms with Crippen molar-refractivity contribution in [2.24, 2.45) is 5.92 Å². The molecule has 0 radical (unpaired) electrons. The molecule has 0 atom stereocenters. The first-order valence-corrected chi connectivity index (χ1v) is 10.9. The highest BCUT2D eigenvalue weighted by Crippen LogP contribution is 2.35. The summed E-state index contributed by atoms with van der Waals surface area (Å²) in [5.41, 5.74) is 7.39. The van der Waals surface area contributed by atoms with Gasteiger partial charge in [-0.1, -0.05) is 6.07 Å². The minimum absolute atomic E-state index is 0.0128. The number of ether oxygens (including phenoxy) is 2. The predicted molar refractivity (Wildman–Crippen MR) is 116 cm³/mol. The average Bonchev–Trinajstić information content (AvgIpc) is 3.53. The van der Waals surface area contributed by atoms with Crippen molar-refractivity contribution in [3.8, 4) is 5.75 Å². The molecule has 1 aromatic carbocycles. The summed E-state index contributed by atoms with van der Waals surface area (Å²) in [7, 11) is 0. The number of nitrogen functional groups attached to an aromatic ring is 1. The molecule has 4 rings (SSSR count). The van der Waals surface area contributed by atoms with Gasteiger partial charge in [0, 0.05) is 6.04 Å². The number of hydrogen-bond acceptors (Lipinski definition) is 6. The number of aryl methyl sites for hydroxylation is 1. The van der Waals surface area contributed by atoms with E-state index in [1.165, 1.54) is 12.8 Å². The van der Waals surface area contributed by atoms with Crippen LogP contribution in [-0.2, 0) is 9.53 Å². The number of nitrogens with zero attached hydrogens (tertiary/aromatic N) is 1. The van der Waals surface area contributed by atoms with Gasteiger partial charge in [0.05, 0.1) is 35.0 Å². The number of carbonyl (C=O) groups is 2. The molecule has 0 spiro atoms. The van der Waals surface area contributed by atoms with Gasteiger partial charge >= 0.3 is 5.97 Å². The normalized spacial score (nSPS) is 21.1. The van der Waals surface area contributed by atoms with Crippen molar-refractivity contribution in [2.45, 2.75) is 57.6 Å². The maximum absolute atomic E-state index is 12.0. The van der Waals surface area contributed by atoms with Crippen molar-refractivity contribution in [3.05, 3.63) is 29.5 Å². The quantitative estimate of drug-likeness (QED) is 0.591. The number of fused-ring (bicyclic) bond motifs is 1. The Morgan fingerprint density at radius 2 is 1.94 bits per heavy atom. The van der Waals surface area contributed by atoms with Crippen molar-refractivity contribution < 1.29 is 24.2 Å². The minimum Gasteiger partial charge on any atom is -0.490 e. The van der Waals surface area contributed by atoms with Crippen molar-refractivity contribution in [1.82, 2.24) is 10.3 Å². The number of carbonyl (C=O) groups excluding carboxylic acids is 1. The molecule has 31 heavy (non-hydrogen) atoms. The number of nitrogens with two attached hydrogens (primary N) is 1. The van der Waals surface area contributed by atoms with Crippen LogP contribution in [0.15, 0.2) is 18.2 Å². The number of hydrogen-bond donors (Lipinski definition) is 3. The molecule has 2 aliphatic carbocycles. The molecule has 1 amide bonds. The van der Waals surface area contributed by atoms with Gasteiger partial charge in [-0.15, -0.1) is 0 Å². The second-order valence-corrected chi connectivity index (χ2v) is 8.56. The summed E-state index contributed by atoms with van der Waals surface area (Å²) in [6, 6.07) is 5.55. The Morgan fingerprint density at radius 1 is 1.19 bits per heavy atom. The van der Waals surface area contributed by atoms with Crippen molar-refractivity contribution in [1.29, 1.82) is 0 Å². The lowest BCUT2D eigenvalue weighted by Gasteiger charge is -2.30. The SMILES string of the molecule is Cc1nc2cccc(O[C@H]3CC[C@H](NC(=O)COCC4CC4)CC3)c2c(N)c1C(=O)O. The number of aromatic carboxylic acids is 1. The molecule has 0 saturated heterocycles. The maximum atomic E-state index is 12.0. The molecule has 0 unspecified atom stereocenters. The van der Waals surface area contributed by atoms with Gasteiger partial charge in [0.25, 0.3) is 0 Å². The van der Waals surface area contributed by atoms with E-state index in [0.29, 0.717) is 34.9 Å². The van der Waals surface area contributed by atoms with E-state index >= 15 is 0 Å². The number of carboxylic acids is 1. The van der Waals surface area contributed by atoms with Crippen LogP contribution in [0.3, 0.4) is 0 Å². The van der Waals surface area contributed by atoms with E-state index in [2.05, 4.69) is 10.3 Å². The topological polar surface area (TPSA) is 124 Å². The highest BCUT2D eigenvalue weighted by molar-refractivity contribution is 6.06. The maximum Gasteiger partial charge on any atom is 0.339 e. The third-order valence-electron chi connectivity index (χ3n) is 6.02. The Bertz CT molecular complexity index is 981. The van der Waals surface area contributed by atoms with Gasteiger partial charge in [-0.05, 0) is 63.5 Å². The molecular weight excluding hydrogens is 398 g/mol. The molecule has 1 aromatic heterocycles. The minimum atomic E-state index is -1.10. The van der Waals surface area contributed by atoms with Crippen molar-refractivity contribution >= 4 is 28.5 Å². The Hall–Kier alpha value is -2.87. The smallest absolute Gasteiger partial charge is 0.339 e. The molecule has 4 N–H and O–H groups in total. The Balaban J connectivity index is 1.36. The van der Waals surface area contributed by atoms with Gasteiger partial charge in [0.2, 0.25) is 5.91 Å². The fourth-order valence-corrected chi connectivity index (χ4v) is 4.18. The van der Waals surface area contributed by atoms with Gasteiger partial charge in [-0.25, -0.2) is 4.79 Å². The van der Waals surface area contributed by atoms with Crippen LogP contribution in [0.2, 0.25) is 0 Å². The van der Waals surface area contributed by atoms with Crippen LogP contribution in [0.5, 0.6) is 5.75 Å². The van der Waals surface area contributed by atoms with E-state index in [9.17, 15) is 14.7 Å². The number of pyridine rings is 1. The summed E-state index contributed by atoms with van der Waals surface area (Å²) >= 11 is 0. The van der Waals surface area contributed by atoms with Crippen molar-refractivity contribution in [2.75, 3.05) is 18.9 Å². The van der Waals surface area contributed by atoms with Crippen LogP contribution < -0.4 is 15.8 Å². The molecule has 2 aromatic rings. The van der Waals surface area contributed by atoms with Gasteiger partial charge in [0.1, 0.15) is 17.9 Å². The fourth-order valence-electron chi connectivity index (χ4n) is 4.18. The highest BCUT2D eigenvalue weighted by atomic mass is 16.5. The molecule has 0 aliphatic heterocycles. The zero-order valence-corrected chi connectivity index (χ0v) is 17.7. The van der Waals surface area contributed by atoms with E-state index in [-0.39, 0.29) is 35.9 Å². The molecule has 8 nitrogen and oxygen atoms in total. The van der Waals surface area contributed by atoms with E-state index in [1.54, 1.807) is 19.1 Å². The molecule has 2 saturated carbocycles. The standard InChI is InChI=1S/C23H29N3O5/c1-13-20(23(28)29)22(24)21-17(25-13)3-2-4-18(21)31-16-9-7-15(8-10-16)26-19(27)12-30-11-14-5-6-14/h2-4,14-16H,5-12H2,1H3,(H2,24,25)(H,26,27)(H,28,29)/t15-,16-. The second-order valence-electron chi connectivity index (χ2n) is 8.56. The monoisotopic (exact) mass is 427 g/mol. The lowest BCUT2D eigenvalue weighted by atomic mass is 9.93. The number of amides is 1. The highest BCUT2D eigenvalue weighted by Gasteiger charge is 2.26. The van der Waals surface area contributed by atoms with Crippen LogP contribution in [0, 0.1) is 12.8 Å². The molecule has 1 heterocycles. The Morgan fingerprint density at radius 3 is 2.61 bits per heavy atom. The van der Waals surface area contributed by atoms with Crippen LogP contribution >= 0.6 is 0 Å². The summed E-state index contributed by atoms with van der Waals surface area (Å²) in [6.45, 7) is 2.44. The summed E-state index contributed by atoms with van der Waals surface area (Å²) in [6.07, 6.45) is 5.60. The van der Waals surface area contributed by atoms with Crippen LogP contribution in [-0.4, -0.2) is 47.3 Å². The number of carboxylic acid groups (broad SMARTS) is 1. The third-order valence-corrected chi connectivity index (χ3v) is 6.02. The summed E-state index contributed by atoms with van der Waals surface area (Å²) in [5.74, 6) is 0.0335. The largest absolute Gasteiger partial charge is 0.490 e.